The van der Waals surface area contributed by atoms with E-state index in [-0.39, 0.29) is 5.88 Å². The van der Waals surface area contributed by atoms with Crippen LogP contribution in [-0.4, -0.2) is 41.0 Å². The van der Waals surface area contributed by atoms with Crippen LogP contribution in [0.5, 0.6) is 0 Å². The van der Waals surface area contributed by atoms with E-state index in [4.69, 9.17) is 54.5 Å². The van der Waals surface area contributed by atoms with Crippen molar-refractivity contribution in [1.29, 1.82) is 0 Å². The molecule has 0 saturated carbocycles. The Hall–Kier alpha value is -2.68. The number of hydrogen-bond acceptors (Lipinski definition) is 14. The molecule has 0 amide bonds. The summed E-state index contributed by atoms with van der Waals surface area (Å²) in [6, 6.07) is 10.5. The van der Waals surface area contributed by atoms with Crippen molar-refractivity contribution < 1.29 is 47.8 Å². The first kappa shape index (κ1) is 37.3. The minimum absolute atomic E-state index is 0.286. The molecule has 0 aliphatic carbocycles. The standard InChI is InChI=1S/C24H29ClN4O3.2H3O4P/c1-3-28(4-2)15-7-5-6-14-26-22-17-19(27-23-16-18(25)8-12-21(22)23)9-10-20-11-13-24(32-20)29(30)31;2*1-5(2,3)4/h8-13,16-17H,3-7,14-15H2,1-2H3,(H,26,27);2*(H3,1,2,3,4)/p-6. The van der Waals surface area contributed by atoms with Crippen molar-refractivity contribution in [2.24, 2.45) is 0 Å². The van der Waals surface area contributed by atoms with Gasteiger partial charge in [-0.05, 0) is 75.0 Å². The van der Waals surface area contributed by atoms with Crippen molar-refractivity contribution in [1.82, 2.24) is 9.88 Å². The number of pyridine rings is 1. The number of rotatable bonds is 12. The maximum absolute atomic E-state index is 10.8. The number of phosphoric acid groups is 2. The average molecular weight is 647 g/mol. The number of aromatic nitrogens is 1. The van der Waals surface area contributed by atoms with Crippen LogP contribution in [0.1, 0.15) is 44.6 Å². The molecule has 234 valence electrons. The van der Waals surface area contributed by atoms with E-state index in [1.165, 1.54) is 18.9 Å². The summed E-state index contributed by atoms with van der Waals surface area (Å²) in [6.45, 7) is 8.61. The Balaban J connectivity index is 0.000000759. The molecule has 42 heavy (non-hydrogen) atoms. The maximum atomic E-state index is 10.8. The number of fused-ring (bicyclic) bond motifs is 1. The zero-order chi connectivity index (χ0) is 31.9. The van der Waals surface area contributed by atoms with Gasteiger partial charge < -0.3 is 53.1 Å². The fourth-order valence-corrected chi connectivity index (χ4v) is 3.72. The smallest absolute Gasteiger partial charge is 0.433 e. The van der Waals surface area contributed by atoms with Gasteiger partial charge in [0, 0.05) is 22.6 Å². The van der Waals surface area contributed by atoms with Crippen LogP contribution >= 0.6 is 27.2 Å². The van der Waals surface area contributed by atoms with E-state index in [0.29, 0.717) is 16.5 Å². The molecule has 0 saturated heterocycles. The molecular formula is C24H29ClN4O11P2-6. The number of nitrogens with one attached hydrogen (secondary N) is 1. The van der Waals surface area contributed by atoms with E-state index in [2.05, 4.69) is 29.0 Å². The molecule has 0 radical (unpaired) electrons. The molecule has 0 aliphatic heterocycles. The van der Waals surface area contributed by atoms with Crippen molar-refractivity contribution in [3.8, 4) is 0 Å². The minimum Gasteiger partial charge on any atom is -0.822 e. The lowest BCUT2D eigenvalue weighted by Gasteiger charge is -2.36. The third-order valence-electron chi connectivity index (χ3n) is 5.36. The summed E-state index contributed by atoms with van der Waals surface area (Å²) >= 11 is 6.18. The van der Waals surface area contributed by atoms with Crippen LogP contribution in [0.2, 0.25) is 5.02 Å². The fraction of sp³-hybridized carbons (Fsp3) is 0.375. The number of benzene rings is 1. The highest BCUT2D eigenvalue weighted by atomic mass is 35.5. The van der Waals surface area contributed by atoms with Crippen LogP contribution in [0.3, 0.4) is 0 Å². The molecule has 0 aliphatic rings. The molecule has 0 spiro atoms. The first-order valence-corrected chi connectivity index (χ1v) is 15.7. The molecule has 0 bridgehead atoms. The van der Waals surface area contributed by atoms with Gasteiger partial charge in [-0.2, -0.15) is 15.6 Å². The van der Waals surface area contributed by atoms with E-state index in [1.54, 1.807) is 18.2 Å². The number of anilines is 1. The second-order valence-corrected chi connectivity index (χ2v) is 10.7. The van der Waals surface area contributed by atoms with Crippen LogP contribution in [0.4, 0.5) is 11.6 Å². The molecule has 3 aromatic rings. The van der Waals surface area contributed by atoms with Gasteiger partial charge in [-0.25, -0.2) is 4.98 Å². The van der Waals surface area contributed by atoms with Crippen molar-refractivity contribution in [3.05, 3.63) is 63.0 Å². The van der Waals surface area contributed by atoms with Crippen LogP contribution in [0.15, 0.2) is 40.8 Å². The molecule has 1 N–H and O–H groups in total. The summed E-state index contributed by atoms with van der Waals surface area (Å²) in [6.07, 6.45) is 6.89. The van der Waals surface area contributed by atoms with Crippen molar-refractivity contribution in [3.63, 3.8) is 0 Å². The van der Waals surface area contributed by atoms with Gasteiger partial charge in [0.25, 0.3) is 0 Å². The molecule has 3 rings (SSSR count). The minimum atomic E-state index is -5.39. The Kier molecular flexibility index (Phi) is 16.1. The number of halogens is 1. The second-order valence-electron chi connectivity index (χ2n) is 8.43. The van der Waals surface area contributed by atoms with Gasteiger partial charge in [0.2, 0.25) is 0 Å². The van der Waals surface area contributed by atoms with Gasteiger partial charge in [-0.3, -0.25) is 10.1 Å². The Bertz CT molecular complexity index is 1370. The predicted molar refractivity (Wildman–Crippen MR) is 146 cm³/mol. The molecule has 0 fully saturated rings. The van der Waals surface area contributed by atoms with Crippen molar-refractivity contribution in [2.75, 3.05) is 31.5 Å². The van der Waals surface area contributed by atoms with Gasteiger partial charge in [-0.1, -0.05) is 31.9 Å². The van der Waals surface area contributed by atoms with E-state index in [9.17, 15) is 10.1 Å². The van der Waals surface area contributed by atoms with Gasteiger partial charge in [0.1, 0.15) is 10.7 Å². The Morgan fingerprint density at radius 3 is 2.12 bits per heavy atom. The quantitative estimate of drug-likeness (QED) is 0.124. The first-order chi connectivity index (χ1) is 19.5. The highest BCUT2D eigenvalue weighted by molar-refractivity contribution is 7.40. The summed E-state index contributed by atoms with van der Waals surface area (Å²) in [5, 5.41) is 16.0. The van der Waals surface area contributed by atoms with Crippen LogP contribution in [-0.2, 0) is 9.13 Å². The summed E-state index contributed by atoms with van der Waals surface area (Å²) in [5.41, 5.74) is 2.48. The largest absolute Gasteiger partial charge is 0.822 e. The van der Waals surface area contributed by atoms with Gasteiger partial charge in [-0.15, -0.1) is 0 Å². The summed E-state index contributed by atoms with van der Waals surface area (Å²) in [5.74, 6) is 0.110. The van der Waals surface area contributed by atoms with E-state index in [1.807, 2.05) is 24.3 Å². The van der Waals surface area contributed by atoms with E-state index < -0.39 is 20.6 Å². The number of furan rings is 1. The summed E-state index contributed by atoms with van der Waals surface area (Å²) < 4.78 is 22.3. The lowest BCUT2D eigenvalue weighted by molar-refractivity contribution is -0.434. The number of nitrogens with zero attached hydrogens (tertiary/aromatic N) is 3. The van der Waals surface area contributed by atoms with Crippen molar-refractivity contribution in [2.45, 2.75) is 33.1 Å². The number of unbranched alkanes of at least 4 members (excludes halogenated alkanes) is 2. The first-order valence-electron chi connectivity index (χ1n) is 12.4. The number of nitro groups is 1. The molecule has 0 atom stereocenters. The molecule has 15 nitrogen and oxygen atoms in total. The monoisotopic (exact) mass is 646 g/mol. The molecule has 2 heterocycles. The molecular weight excluding hydrogens is 618 g/mol. The van der Waals surface area contributed by atoms with Gasteiger partial charge in [0.05, 0.1) is 17.3 Å². The average Bonchev–Trinajstić information content (AvgIpc) is 3.34. The molecule has 2 aromatic heterocycles. The fourth-order valence-electron chi connectivity index (χ4n) is 3.55. The van der Waals surface area contributed by atoms with Crippen LogP contribution < -0.4 is 34.7 Å². The highest BCUT2D eigenvalue weighted by Crippen LogP contribution is 2.27. The van der Waals surface area contributed by atoms with Crippen molar-refractivity contribution >= 4 is 61.9 Å². The Morgan fingerprint density at radius 2 is 1.57 bits per heavy atom. The molecule has 0 unspecified atom stereocenters. The van der Waals surface area contributed by atoms with Crippen LogP contribution in [0, 0.1) is 10.1 Å². The Labute approximate surface area is 247 Å². The second kappa shape index (κ2) is 18.1. The normalized spacial score (nSPS) is 11.7. The third-order valence-corrected chi connectivity index (χ3v) is 5.60. The summed E-state index contributed by atoms with van der Waals surface area (Å²) in [7, 11) is -10.8. The zero-order valence-corrected chi connectivity index (χ0v) is 25.2. The predicted octanol–water partition coefficient (Wildman–Crippen LogP) is 0.835. The lowest BCUT2D eigenvalue weighted by Crippen LogP contribution is -2.24. The van der Waals surface area contributed by atoms with Gasteiger partial charge >= 0.3 is 5.88 Å². The van der Waals surface area contributed by atoms with E-state index >= 15 is 0 Å². The molecule has 18 heteroatoms. The van der Waals surface area contributed by atoms with Crippen LogP contribution in [0.25, 0.3) is 23.1 Å². The Morgan fingerprint density at radius 1 is 0.952 bits per heavy atom. The highest BCUT2D eigenvalue weighted by Gasteiger charge is 2.10. The lowest BCUT2D eigenvalue weighted by atomic mass is 10.1. The maximum Gasteiger partial charge on any atom is 0.433 e. The topological polar surface area (TPSA) is 257 Å². The number of hydrogen-bond donors (Lipinski definition) is 1. The molecule has 1 aromatic carbocycles. The zero-order valence-electron chi connectivity index (χ0n) is 22.7. The van der Waals surface area contributed by atoms with Gasteiger partial charge in [0.15, 0.2) is 0 Å². The summed E-state index contributed by atoms with van der Waals surface area (Å²) in [4.78, 5) is 68.6. The third kappa shape index (κ3) is 17.3. The SMILES string of the molecule is CCN(CC)CCCCCNc1cc(C=Cc2ccc([N+](=O)[O-])o2)nc2cc(Cl)ccc12.O=P([O-])([O-])[O-].O=P([O-])([O-])[O-]. The van der Waals surface area contributed by atoms with E-state index in [0.717, 1.165) is 49.2 Å².